The van der Waals surface area contributed by atoms with Gasteiger partial charge in [0.2, 0.25) is 15.9 Å². The van der Waals surface area contributed by atoms with Crippen molar-refractivity contribution in [2.75, 3.05) is 23.7 Å². The molecule has 0 unspecified atom stereocenters. The average Bonchev–Trinajstić information content (AvgIpc) is 2.65. The normalized spacial score (nSPS) is 12.3. The van der Waals surface area contributed by atoms with Gasteiger partial charge in [0, 0.05) is 0 Å². The van der Waals surface area contributed by atoms with Crippen LogP contribution in [0.5, 0.6) is 5.75 Å². The maximum Gasteiger partial charge on any atom is 0.244 e. The van der Waals surface area contributed by atoms with Crippen molar-refractivity contribution in [3.63, 3.8) is 0 Å². The molecule has 0 saturated heterocycles. The molecule has 0 aromatic heterocycles. The Labute approximate surface area is 177 Å². The number of sulfonamides is 1. The lowest BCUT2D eigenvalue weighted by Crippen LogP contribution is -2.50. The highest BCUT2D eigenvalue weighted by Crippen LogP contribution is 2.25. The minimum atomic E-state index is -3.66. The first kappa shape index (κ1) is 23.0. The summed E-state index contributed by atoms with van der Waals surface area (Å²) in [5, 5.41) is 3.25. The molecule has 2 aromatic rings. The molecule has 0 radical (unpaired) electrons. The van der Waals surface area contributed by atoms with Crippen molar-refractivity contribution in [3.8, 4) is 5.75 Å². The van der Waals surface area contributed by atoms with E-state index in [0.29, 0.717) is 22.9 Å². The van der Waals surface area contributed by atoms with Crippen LogP contribution >= 0.6 is 11.6 Å². The van der Waals surface area contributed by atoms with E-state index in [0.717, 1.165) is 17.4 Å². The van der Waals surface area contributed by atoms with Crippen LogP contribution in [0, 0.1) is 13.8 Å². The Morgan fingerprint density at radius 3 is 2.45 bits per heavy atom. The van der Waals surface area contributed by atoms with Crippen LogP contribution in [0.15, 0.2) is 42.5 Å². The van der Waals surface area contributed by atoms with E-state index in [1.165, 1.54) is 4.31 Å². The van der Waals surface area contributed by atoms with Crippen molar-refractivity contribution in [1.82, 2.24) is 5.32 Å². The monoisotopic (exact) mass is 438 g/mol. The number of ether oxygens (including phenoxy) is 1. The molecule has 158 valence electrons. The van der Waals surface area contributed by atoms with Crippen molar-refractivity contribution < 1.29 is 17.9 Å². The number of nitrogens with zero attached hydrogens (tertiary/aromatic N) is 1. The molecule has 29 heavy (non-hydrogen) atoms. The average molecular weight is 439 g/mol. The van der Waals surface area contributed by atoms with Gasteiger partial charge < -0.3 is 10.1 Å². The fourth-order valence-electron chi connectivity index (χ4n) is 2.94. The number of nitrogens with one attached hydrogen (secondary N) is 1. The van der Waals surface area contributed by atoms with Crippen LogP contribution in [0.25, 0.3) is 0 Å². The molecule has 1 atom stereocenters. The number of carbonyl (C=O) groups excluding carboxylic acids is 1. The Bertz CT molecular complexity index is 963. The van der Waals surface area contributed by atoms with Gasteiger partial charge >= 0.3 is 0 Å². The Kier molecular flexibility index (Phi) is 7.93. The number of amides is 1. The molecule has 1 N–H and O–H groups in total. The summed E-state index contributed by atoms with van der Waals surface area (Å²) in [4.78, 5) is 12.8. The third-order valence-corrected chi connectivity index (χ3v) is 6.06. The summed E-state index contributed by atoms with van der Waals surface area (Å²) in [6.45, 7) is 6.09. The van der Waals surface area contributed by atoms with Crippen molar-refractivity contribution in [1.29, 1.82) is 0 Å². The summed E-state index contributed by atoms with van der Waals surface area (Å²) in [6.07, 6.45) is 1.44. The zero-order valence-corrected chi connectivity index (χ0v) is 18.7. The number of rotatable bonds is 9. The van der Waals surface area contributed by atoms with E-state index >= 15 is 0 Å². The van der Waals surface area contributed by atoms with E-state index in [-0.39, 0.29) is 19.1 Å². The molecular weight excluding hydrogens is 412 g/mol. The highest BCUT2D eigenvalue weighted by molar-refractivity contribution is 7.92. The van der Waals surface area contributed by atoms with Crippen LogP contribution in [0.3, 0.4) is 0 Å². The summed E-state index contributed by atoms with van der Waals surface area (Å²) in [5.74, 6) is 0.155. The summed E-state index contributed by atoms with van der Waals surface area (Å²) in [6, 6.07) is 11.6. The smallest absolute Gasteiger partial charge is 0.244 e. The number of hydrogen-bond donors (Lipinski definition) is 1. The van der Waals surface area contributed by atoms with Gasteiger partial charge in [0.25, 0.3) is 0 Å². The van der Waals surface area contributed by atoms with E-state index in [9.17, 15) is 13.2 Å². The van der Waals surface area contributed by atoms with Gasteiger partial charge in [-0.15, -0.1) is 0 Å². The standard InChI is InChI=1S/C21H27ClN2O4S/c1-5-19(21(25)23-12-13-28-20-9-7-6-8-18(20)22)24(29(4,26)27)17-11-10-15(2)16(3)14-17/h6-11,14,19H,5,12-13H2,1-4H3,(H,23,25)/t19-/m0/s1. The van der Waals surface area contributed by atoms with E-state index < -0.39 is 16.1 Å². The number of benzene rings is 2. The van der Waals surface area contributed by atoms with Crippen LogP contribution in [-0.4, -0.2) is 39.8 Å². The summed E-state index contributed by atoms with van der Waals surface area (Å²) >= 11 is 6.04. The van der Waals surface area contributed by atoms with E-state index in [4.69, 9.17) is 16.3 Å². The number of aryl methyl sites for hydroxylation is 2. The second-order valence-corrected chi connectivity index (χ2v) is 9.09. The fraction of sp³-hybridized carbons (Fsp3) is 0.381. The molecule has 0 bridgehead atoms. The molecule has 0 saturated carbocycles. The zero-order chi connectivity index (χ0) is 21.6. The molecular formula is C21H27ClN2O4S. The first-order valence-corrected chi connectivity index (χ1v) is 11.6. The lowest BCUT2D eigenvalue weighted by molar-refractivity contribution is -0.122. The van der Waals surface area contributed by atoms with Gasteiger partial charge in [-0.05, 0) is 55.7 Å². The number of hydrogen-bond acceptors (Lipinski definition) is 4. The fourth-order valence-corrected chi connectivity index (χ4v) is 4.33. The summed E-state index contributed by atoms with van der Waals surface area (Å²) < 4.78 is 31.7. The van der Waals surface area contributed by atoms with E-state index in [1.807, 2.05) is 19.9 Å². The van der Waals surface area contributed by atoms with Gasteiger partial charge in [0.05, 0.1) is 23.5 Å². The van der Waals surface area contributed by atoms with Gasteiger partial charge in [-0.3, -0.25) is 9.10 Å². The van der Waals surface area contributed by atoms with Crippen LogP contribution in [0.1, 0.15) is 24.5 Å². The quantitative estimate of drug-likeness (QED) is 0.606. The molecule has 6 nitrogen and oxygen atoms in total. The minimum absolute atomic E-state index is 0.217. The molecule has 2 rings (SSSR count). The van der Waals surface area contributed by atoms with Gasteiger partial charge in [0.15, 0.2) is 0 Å². The predicted molar refractivity (Wildman–Crippen MR) is 117 cm³/mol. The molecule has 1 amide bonds. The van der Waals surface area contributed by atoms with Crippen molar-refractivity contribution >= 4 is 33.2 Å². The van der Waals surface area contributed by atoms with E-state index in [2.05, 4.69) is 5.32 Å². The highest BCUT2D eigenvalue weighted by atomic mass is 35.5. The Hall–Kier alpha value is -2.25. The molecule has 0 aliphatic heterocycles. The number of carbonyl (C=O) groups is 1. The molecule has 0 spiro atoms. The second kappa shape index (κ2) is 9.98. The molecule has 2 aromatic carbocycles. The minimum Gasteiger partial charge on any atom is -0.490 e. The van der Waals surface area contributed by atoms with Crippen LogP contribution in [0.2, 0.25) is 5.02 Å². The van der Waals surface area contributed by atoms with Gasteiger partial charge in [-0.2, -0.15) is 0 Å². The molecule has 0 aliphatic carbocycles. The maximum atomic E-state index is 12.8. The zero-order valence-electron chi connectivity index (χ0n) is 17.1. The van der Waals surface area contributed by atoms with Crippen LogP contribution < -0.4 is 14.4 Å². The topological polar surface area (TPSA) is 75.7 Å². The first-order valence-electron chi connectivity index (χ1n) is 9.36. The second-order valence-electron chi connectivity index (χ2n) is 6.82. The molecule has 0 aliphatic rings. The number of para-hydroxylation sites is 1. The highest BCUT2D eigenvalue weighted by Gasteiger charge is 2.31. The third kappa shape index (κ3) is 6.11. The van der Waals surface area contributed by atoms with Gasteiger partial charge in [0.1, 0.15) is 18.4 Å². The maximum absolute atomic E-state index is 12.8. The SMILES string of the molecule is CC[C@@H](C(=O)NCCOc1ccccc1Cl)N(c1ccc(C)c(C)c1)S(C)(=O)=O. The Morgan fingerprint density at radius 1 is 1.17 bits per heavy atom. The molecule has 0 fully saturated rings. The summed E-state index contributed by atoms with van der Waals surface area (Å²) in [7, 11) is -3.66. The lowest BCUT2D eigenvalue weighted by atomic mass is 10.1. The Morgan fingerprint density at radius 2 is 1.86 bits per heavy atom. The summed E-state index contributed by atoms with van der Waals surface area (Å²) in [5.41, 5.74) is 2.49. The van der Waals surface area contributed by atoms with Gasteiger partial charge in [-0.25, -0.2) is 8.42 Å². The Balaban J connectivity index is 2.10. The number of anilines is 1. The lowest BCUT2D eigenvalue weighted by Gasteiger charge is -2.30. The third-order valence-electron chi connectivity index (χ3n) is 4.57. The van der Waals surface area contributed by atoms with Gasteiger partial charge in [-0.1, -0.05) is 36.7 Å². The van der Waals surface area contributed by atoms with E-state index in [1.54, 1.807) is 43.3 Å². The van der Waals surface area contributed by atoms with Crippen LogP contribution in [-0.2, 0) is 14.8 Å². The van der Waals surface area contributed by atoms with Crippen molar-refractivity contribution in [3.05, 3.63) is 58.6 Å². The molecule has 8 heteroatoms. The van der Waals surface area contributed by atoms with Crippen molar-refractivity contribution in [2.24, 2.45) is 0 Å². The van der Waals surface area contributed by atoms with Crippen molar-refractivity contribution in [2.45, 2.75) is 33.2 Å². The molecule has 0 heterocycles. The first-order chi connectivity index (χ1) is 13.6. The van der Waals surface area contributed by atoms with Crippen LogP contribution in [0.4, 0.5) is 5.69 Å². The largest absolute Gasteiger partial charge is 0.490 e. The predicted octanol–water partition coefficient (Wildman–Crippen LogP) is 3.70. The number of halogens is 1.